The second-order valence-electron chi connectivity index (χ2n) is 2.65. The molecule has 0 saturated heterocycles. The minimum atomic E-state index is -2.71. The van der Waals surface area contributed by atoms with E-state index in [1.165, 1.54) is 13.0 Å². The first-order valence-electron chi connectivity index (χ1n) is 3.63. The van der Waals surface area contributed by atoms with E-state index in [1.54, 1.807) is 0 Å². The third-order valence-electron chi connectivity index (χ3n) is 1.70. The van der Waals surface area contributed by atoms with Crippen LogP contribution in [-0.4, -0.2) is 4.98 Å². The summed E-state index contributed by atoms with van der Waals surface area (Å²) < 4.78 is 24.6. The summed E-state index contributed by atoms with van der Waals surface area (Å²) in [6, 6.07) is 1.54. The normalized spacial score (nSPS) is 10.8. The Bertz CT molecular complexity index is 362. The van der Waals surface area contributed by atoms with Gasteiger partial charge in [0.05, 0.1) is 5.56 Å². The van der Waals surface area contributed by atoms with E-state index in [9.17, 15) is 13.6 Å². The molecule has 0 aliphatic carbocycles. The third kappa shape index (κ3) is 2.15. The van der Waals surface area contributed by atoms with Crippen LogP contribution in [0.4, 0.5) is 8.78 Å². The quantitative estimate of drug-likeness (QED) is 0.806. The van der Waals surface area contributed by atoms with Crippen molar-refractivity contribution in [1.29, 1.82) is 0 Å². The predicted octanol–water partition coefficient (Wildman–Crippen LogP) is 2.52. The van der Waals surface area contributed by atoms with Crippen molar-refractivity contribution in [2.45, 2.75) is 18.7 Å². The Hall–Kier alpha value is -0.710. The average molecular weight is 252 g/mol. The van der Waals surface area contributed by atoms with Crippen LogP contribution in [0.5, 0.6) is 0 Å². The van der Waals surface area contributed by atoms with E-state index in [4.69, 9.17) is 0 Å². The number of H-pyrrole nitrogens is 1. The Morgan fingerprint density at radius 1 is 1.62 bits per heavy atom. The number of hydrogen-bond acceptors (Lipinski definition) is 1. The average Bonchev–Trinajstić information content (AvgIpc) is 2.02. The molecule has 1 N–H and O–H groups in total. The molecule has 1 rings (SSSR count). The topological polar surface area (TPSA) is 32.9 Å². The highest BCUT2D eigenvalue weighted by molar-refractivity contribution is 9.08. The van der Waals surface area contributed by atoms with Crippen LogP contribution in [0.25, 0.3) is 0 Å². The number of rotatable bonds is 2. The van der Waals surface area contributed by atoms with Crippen LogP contribution in [0.1, 0.15) is 23.2 Å². The summed E-state index contributed by atoms with van der Waals surface area (Å²) in [5, 5.41) is 0.451. The molecule has 0 aromatic carbocycles. The molecule has 13 heavy (non-hydrogen) atoms. The summed E-state index contributed by atoms with van der Waals surface area (Å²) >= 11 is 3.13. The van der Waals surface area contributed by atoms with Gasteiger partial charge >= 0.3 is 0 Å². The van der Waals surface area contributed by atoms with Crippen molar-refractivity contribution in [3.63, 3.8) is 0 Å². The molecule has 1 aromatic heterocycles. The molecular weight excluding hydrogens is 244 g/mol. The molecule has 0 radical (unpaired) electrons. The van der Waals surface area contributed by atoms with Crippen molar-refractivity contribution in [3.05, 3.63) is 33.2 Å². The highest BCUT2D eigenvalue weighted by Crippen LogP contribution is 2.18. The van der Waals surface area contributed by atoms with Gasteiger partial charge in [0.2, 0.25) is 0 Å². The Morgan fingerprint density at radius 3 is 2.62 bits per heavy atom. The summed E-state index contributed by atoms with van der Waals surface area (Å²) in [6.07, 6.45) is -2.71. The number of alkyl halides is 3. The van der Waals surface area contributed by atoms with E-state index in [2.05, 4.69) is 20.9 Å². The lowest BCUT2D eigenvalue weighted by Crippen LogP contribution is -2.16. The fourth-order valence-electron chi connectivity index (χ4n) is 1.11. The fraction of sp³-hybridized carbons (Fsp3) is 0.375. The SMILES string of the molecule is Cc1cc(CBr)[nH]c(=O)c1C(F)F. The number of aryl methyl sites for hydroxylation is 1. The summed E-state index contributed by atoms with van der Waals surface area (Å²) in [4.78, 5) is 13.5. The summed E-state index contributed by atoms with van der Waals surface area (Å²) in [5.74, 6) is 0. The Balaban J connectivity index is 3.32. The summed E-state index contributed by atoms with van der Waals surface area (Å²) in [7, 11) is 0. The second kappa shape index (κ2) is 4.00. The van der Waals surface area contributed by atoms with E-state index in [1.807, 2.05) is 0 Å². The number of hydrogen-bond donors (Lipinski definition) is 1. The van der Waals surface area contributed by atoms with Crippen molar-refractivity contribution in [2.24, 2.45) is 0 Å². The molecule has 1 aromatic rings. The van der Waals surface area contributed by atoms with E-state index in [0.29, 0.717) is 16.6 Å². The van der Waals surface area contributed by atoms with Gasteiger partial charge in [-0.05, 0) is 18.6 Å². The molecule has 0 aliphatic rings. The molecule has 0 aliphatic heterocycles. The number of nitrogens with one attached hydrogen (secondary N) is 1. The lowest BCUT2D eigenvalue weighted by Gasteiger charge is -2.04. The van der Waals surface area contributed by atoms with Crippen LogP contribution in [-0.2, 0) is 5.33 Å². The van der Waals surface area contributed by atoms with Gasteiger partial charge in [-0.2, -0.15) is 0 Å². The van der Waals surface area contributed by atoms with Gasteiger partial charge in [-0.25, -0.2) is 8.78 Å². The van der Waals surface area contributed by atoms with Gasteiger partial charge in [-0.3, -0.25) is 4.79 Å². The molecule has 72 valence electrons. The molecule has 0 saturated carbocycles. The van der Waals surface area contributed by atoms with E-state index in [-0.39, 0.29) is 0 Å². The van der Waals surface area contributed by atoms with Crippen LogP contribution in [0.3, 0.4) is 0 Å². The first kappa shape index (κ1) is 10.4. The highest BCUT2D eigenvalue weighted by Gasteiger charge is 2.15. The monoisotopic (exact) mass is 251 g/mol. The van der Waals surface area contributed by atoms with E-state index >= 15 is 0 Å². The van der Waals surface area contributed by atoms with Gasteiger partial charge in [0.25, 0.3) is 12.0 Å². The Morgan fingerprint density at radius 2 is 2.23 bits per heavy atom. The number of pyridine rings is 1. The van der Waals surface area contributed by atoms with Crippen LogP contribution in [0, 0.1) is 6.92 Å². The molecule has 0 fully saturated rings. The maximum absolute atomic E-state index is 12.3. The molecule has 0 bridgehead atoms. The molecule has 0 unspecified atom stereocenters. The first-order valence-corrected chi connectivity index (χ1v) is 4.75. The zero-order chi connectivity index (χ0) is 10.0. The zero-order valence-corrected chi connectivity index (χ0v) is 8.49. The van der Waals surface area contributed by atoms with Gasteiger partial charge in [0.15, 0.2) is 0 Å². The zero-order valence-electron chi connectivity index (χ0n) is 6.90. The molecule has 5 heteroatoms. The number of aromatic nitrogens is 1. The van der Waals surface area contributed by atoms with Crippen LogP contribution in [0.2, 0.25) is 0 Å². The van der Waals surface area contributed by atoms with Crippen molar-refractivity contribution in [2.75, 3.05) is 0 Å². The molecule has 1 heterocycles. The van der Waals surface area contributed by atoms with Crippen LogP contribution in [0.15, 0.2) is 10.9 Å². The largest absolute Gasteiger partial charge is 0.325 e. The van der Waals surface area contributed by atoms with Gasteiger partial charge in [0.1, 0.15) is 0 Å². The molecule has 0 spiro atoms. The van der Waals surface area contributed by atoms with E-state index < -0.39 is 17.5 Å². The smallest absolute Gasteiger partial charge is 0.269 e. The van der Waals surface area contributed by atoms with E-state index in [0.717, 1.165) is 0 Å². The first-order chi connectivity index (χ1) is 6.06. The van der Waals surface area contributed by atoms with Crippen molar-refractivity contribution < 1.29 is 8.78 Å². The summed E-state index contributed by atoms with van der Waals surface area (Å²) in [5.41, 5.74) is -0.214. The number of aromatic amines is 1. The molecule has 2 nitrogen and oxygen atoms in total. The maximum Gasteiger partial charge on any atom is 0.269 e. The summed E-state index contributed by atoms with van der Waals surface area (Å²) in [6.45, 7) is 1.50. The second-order valence-corrected chi connectivity index (χ2v) is 3.22. The van der Waals surface area contributed by atoms with Gasteiger partial charge in [-0.1, -0.05) is 15.9 Å². The van der Waals surface area contributed by atoms with Crippen LogP contribution >= 0.6 is 15.9 Å². The molecule has 0 atom stereocenters. The third-order valence-corrected chi connectivity index (χ3v) is 2.30. The fourth-order valence-corrected chi connectivity index (χ4v) is 1.41. The minimum Gasteiger partial charge on any atom is -0.325 e. The highest BCUT2D eigenvalue weighted by atomic mass is 79.9. The Labute approximate surface area is 82.1 Å². The van der Waals surface area contributed by atoms with Crippen molar-refractivity contribution in [3.8, 4) is 0 Å². The minimum absolute atomic E-state index is 0.327. The lowest BCUT2D eigenvalue weighted by atomic mass is 10.1. The molecular formula is C8H8BrF2NO. The molecule has 0 amide bonds. The van der Waals surface area contributed by atoms with Crippen molar-refractivity contribution in [1.82, 2.24) is 4.98 Å². The van der Waals surface area contributed by atoms with Gasteiger partial charge in [-0.15, -0.1) is 0 Å². The number of halogens is 3. The van der Waals surface area contributed by atoms with Gasteiger partial charge in [0, 0.05) is 11.0 Å². The standard InChI is InChI=1S/C8H8BrF2NO/c1-4-2-5(3-9)12-8(13)6(4)7(10)11/h2,7H,3H2,1H3,(H,12,13). The lowest BCUT2D eigenvalue weighted by molar-refractivity contribution is 0.149. The predicted molar refractivity (Wildman–Crippen MR) is 49.4 cm³/mol. The van der Waals surface area contributed by atoms with Crippen molar-refractivity contribution >= 4 is 15.9 Å². The Kier molecular flexibility index (Phi) is 3.19. The van der Waals surface area contributed by atoms with Gasteiger partial charge < -0.3 is 4.98 Å². The maximum atomic E-state index is 12.3. The van der Waals surface area contributed by atoms with Crippen LogP contribution < -0.4 is 5.56 Å².